The lowest BCUT2D eigenvalue weighted by Crippen LogP contribution is -2.67. The van der Waals surface area contributed by atoms with Gasteiger partial charge in [0.2, 0.25) is 5.78 Å². The van der Waals surface area contributed by atoms with Gasteiger partial charge in [0, 0.05) is 29.0 Å². The number of nitrogens with two attached hydrogens (primary N) is 1. The molecule has 0 bridgehead atoms. The number of amides is 1. The van der Waals surface area contributed by atoms with Crippen molar-refractivity contribution in [1.82, 2.24) is 4.90 Å². The highest BCUT2D eigenvalue weighted by atomic mass is 35.5. The number of hydrogen-bond acceptors (Lipinski definition) is 10. The Morgan fingerprint density at radius 3 is 2.34 bits per heavy atom. The predicted octanol–water partition coefficient (Wildman–Crippen LogP) is 0.291. The number of phenols is 1. The fourth-order valence-corrected chi connectivity index (χ4v) is 6.18. The Kier molecular flexibility index (Phi) is 5.49. The number of carbonyl (C=O) groups is 3. The SMILES string of the molecule is COc1cc(O)c2c(c1Cl)C(C)(O)C1CC3C(N(C)C)C(=O)C(C(N)=O)=C(O)C3(O)C(=O)C1=C2O. The molecule has 5 atom stereocenters. The maximum Gasteiger partial charge on any atom is 0.255 e. The van der Waals surface area contributed by atoms with Crippen LogP contribution in [0.5, 0.6) is 11.5 Å². The number of Topliss-reactive ketones (excluding diaryl/α,β-unsaturated/α-hetero) is 2. The molecule has 1 fully saturated rings. The van der Waals surface area contributed by atoms with Gasteiger partial charge < -0.3 is 36.0 Å². The highest BCUT2D eigenvalue weighted by Crippen LogP contribution is 2.59. The lowest BCUT2D eigenvalue weighted by Gasteiger charge is -2.53. The van der Waals surface area contributed by atoms with Crippen LogP contribution in [0.3, 0.4) is 0 Å². The number of hydrogen-bond donors (Lipinski definition) is 6. The first-order valence-electron chi connectivity index (χ1n) is 10.6. The van der Waals surface area contributed by atoms with Gasteiger partial charge in [-0.05, 0) is 27.4 Å². The largest absolute Gasteiger partial charge is 0.508 e. The third-order valence-electron chi connectivity index (χ3n) is 7.37. The first kappa shape index (κ1) is 25.0. The van der Waals surface area contributed by atoms with Crippen LogP contribution >= 0.6 is 11.6 Å². The van der Waals surface area contributed by atoms with Crippen molar-refractivity contribution >= 4 is 34.8 Å². The Labute approximate surface area is 204 Å². The minimum absolute atomic E-state index is 0.00349. The molecular formula is C23H25ClN2O9. The number of methoxy groups -OCH3 is 1. The summed E-state index contributed by atoms with van der Waals surface area (Å²) in [6.45, 7) is 1.31. The van der Waals surface area contributed by atoms with Gasteiger partial charge in [-0.25, -0.2) is 0 Å². The first-order valence-corrected chi connectivity index (χ1v) is 11.0. The van der Waals surface area contributed by atoms with Gasteiger partial charge in [-0.1, -0.05) is 11.6 Å². The molecule has 12 heteroatoms. The quantitative estimate of drug-likeness (QED) is 0.309. The van der Waals surface area contributed by atoms with Gasteiger partial charge in [0.1, 0.15) is 28.6 Å². The Balaban J connectivity index is 2.08. The number of benzene rings is 1. The Bertz CT molecular complexity index is 1270. The van der Waals surface area contributed by atoms with E-state index in [9.17, 15) is 39.9 Å². The van der Waals surface area contributed by atoms with E-state index >= 15 is 0 Å². The van der Waals surface area contributed by atoms with Crippen molar-refractivity contribution in [3.8, 4) is 11.5 Å². The number of phenolic OH excluding ortho intramolecular Hbond substituents is 1. The number of aromatic hydroxyl groups is 1. The minimum Gasteiger partial charge on any atom is -0.508 e. The molecule has 1 amide bonds. The van der Waals surface area contributed by atoms with E-state index in [1.807, 2.05) is 0 Å². The van der Waals surface area contributed by atoms with Gasteiger partial charge in [0.25, 0.3) is 5.91 Å². The van der Waals surface area contributed by atoms with Crippen molar-refractivity contribution in [3.05, 3.63) is 39.1 Å². The molecule has 5 unspecified atom stereocenters. The van der Waals surface area contributed by atoms with Crippen LogP contribution in [0, 0.1) is 11.8 Å². The van der Waals surface area contributed by atoms with Crippen LogP contribution in [0.15, 0.2) is 23.0 Å². The fourth-order valence-electron chi connectivity index (χ4n) is 5.76. The molecule has 1 aromatic rings. The number of aliphatic hydroxyl groups is 4. The summed E-state index contributed by atoms with van der Waals surface area (Å²) in [5.74, 6) is -8.60. The van der Waals surface area contributed by atoms with Crippen molar-refractivity contribution < 1.29 is 44.7 Å². The van der Waals surface area contributed by atoms with Crippen molar-refractivity contribution in [2.24, 2.45) is 17.6 Å². The lowest BCUT2D eigenvalue weighted by molar-refractivity contribution is -0.159. The van der Waals surface area contributed by atoms with Gasteiger partial charge in [-0.15, -0.1) is 0 Å². The van der Waals surface area contributed by atoms with Crippen LogP contribution in [0.4, 0.5) is 0 Å². The van der Waals surface area contributed by atoms with E-state index in [1.165, 1.54) is 33.0 Å². The summed E-state index contributed by atoms with van der Waals surface area (Å²) < 4.78 is 5.15. The molecular weight excluding hydrogens is 484 g/mol. The van der Waals surface area contributed by atoms with Crippen LogP contribution in [-0.2, 0) is 20.0 Å². The molecule has 4 rings (SSSR count). The van der Waals surface area contributed by atoms with Gasteiger partial charge in [-0.2, -0.15) is 0 Å². The number of rotatable bonds is 3. The second kappa shape index (κ2) is 7.69. The summed E-state index contributed by atoms with van der Waals surface area (Å²) in [6, 6.07) is -0.194. The number of nitrogens with zero attached hydrogens (tertiary/aromatic N) is 1. The van der Waals surface area contributed by atoms with Gasteiger partial charge >= 0.3 is 0 Å². The minimum atomic E-state index is -2.81. The predicted molar refractivity (Wildman–Crippen MR) is 122 cm³/mol. The highest BCUT2D eigenvalue weighted by molar-refractivity contribution is 6.33. The molecule has 3 aliphatic rings. The molecule has 0 radical (unpaired) electrons. The number of primary amides is 1. The molecule has 11 nitrogen and oxygen atoms in total. The Morgan fingerprint density at radius 2 is 1.83 bits per heavy atom. The van der Waals surface area contributed by atoms with E-state index in [-0.39, 0.29) is 28.3 Å². The molecule has 3 aliphatic carbocycles. The maximum atomic E-state index is 13.8. The molecule has 0 spiro atoms. The number of aliphatic hydroxyl groups excluding tert-OH is 2. The topological polar surface area (TPSA) is 191 Å². The number of halogens is 1. The molecule has 1 aromatic carbocycles. The smallest absolute Gasteiger partial charge is 0.255 e. The van der Waals surface area contributed by atoms with E-state index in [4.69, 9.17) is 22.1 Å². The normalized spacial score (nSPS) is 32.4. The summed E-state index contributed by atoms with van der Waals surface area (Å²) in [5, 5.41) is 55.7. The monoisotopic (exact) mass is 508 g/mol. The molecule has 1 saturated carbocycles. The zero-order chi connectivity index (χ0) is 26.4. The standard InChI is InChI=1S/C23H25ClN2O9/c1-22(33)7-5-8-16(26(2)3)18(29)13(21(25)32)20(31)23(8,34)19(30)11(7)17(28)12-9(27)6-10(35-4)15(24)14(12)22/h6-8,16,27-28,31,33-34H,5H2,1-4H3,(H2,25,32). The summed E-state index contributed by atoms with van der Waals surface area (Å²) in [5.41, 5.74) is -1.41. The second-order valence-corrected chi connectivity index (χ2v) is 9.80. The van der Waals surface area contributed by atoms with Crippen LogP contribution in [0.1, 0.15) is 24.5 Å². The van der Waals surface area contributed by atoms with Crippen molar-refractivity contribution in [3.63, 3.8) is 0 Å². The molecule has 0 saturated heterocycles. The van der Waals surface area contributed by atoms with Crippen molar-refractivity contribution in [1.29, 1.82) is 0 Å². The Morgan fingerprint density at radius 1 is 1.23 bits per heavy atom. The van der Waals surface area contributed by atoms with Crippen molar-refractivity contribution in [2.45, 2.75) is 30.6 Å². The average molecular weight is 509 g/mol. The molecule has 0 aliphatic heterocycles. The van der Waals surface area contributed by atoms with E-state index in [0.29, 0.717) is 0 Å². The fraction of sp³-hybridized carbons (Fsp3) is 0.435. The number of likely N-dealkylation sites (N-methyl/N-ethyl adjacent to an activating group) is 1. The van der Waals surface area contributed by atoms with E-state index in [1.54, 1.807) is 0 Å². The average Bonchev–Trinajstić information content (AvgIpc) is 2.75. The molecule has 0 heterocycles. The van der Waals surface area contributed by atoms with Crippen LogP contribution in [-0.4, -0.2) is 80.8 Å². The number of carbonyl (C=O) groups excluding carboxylic acids is 3. The summed E-state index contributed by atoms with van der Waals surface area (Å²) in [7, 11) is 4.24. The third kappa shape index (κ3) is 2.99. The maximum absolute atomic E-state index is 13.8. The van der Waals surface area contributed by atoms with E-state index < -0.39 is 75.0 Å². The first-order chi connectivity index (χ1) is 16.1. The number of fused-ring (bicyclic) bond motifs is 3. The van der Waals surface area contributed by atoms with Crippen molar-refractivity contribution in [2.75, 3.05) is 21.2 Å². The van der Waals surface area contributed by atoms with Gasteiger partial charge in [0.05, 0.1) is 29.3 Å². The van der Waals surface area contributed by atoms with Crippen LogP contribution in [0.2, 0.25) is 5.02 Å². The number of ether oxygens (including phenoxy) is 1. The van der Waals surface area contributed by atoms with E-state index in [0.717, 1.165) is 6.07 Å². The highest BCUT2D eigenvalue weighted by Gasteiger charge is 2.66. The molecule has 35 heavy (non-hydrogen) atoms. The van der Waals surface area contributed by atoms with Gasteiger partial charge in [0.15, 0.2) is 11.4 Å². The van der Waals surface area contributed by atoms with Crippen LogP contribution in [0.25, 0.3) is 5.76 Å². The molecule has 7 N–H and O–H groups in total. The van der Waals surface area contributed by atoms with E-state index in [2.05, 4.69) is 0 Å². The Hall–Kier alpha value is -3.12. The van der Waals surface area contributed by atoms with Gasteiger partial charge in [-0.3, -0.25) is 19.3 Å². The summed E-state index contributed by atoms with van der Waals surface area (Å²) in [6.07, 6.45) is -0.299. The summed E-state index contributed by atoms with van der Waals surface area (Å²) >= 11 is 6.44. The molecule has 188 valence electrons. The summed E-state index contributed by atoms with van der Waals surface area (Å²) in [4.78, 5) is 40.3. The lowest BCUT2D eigenvalue weighted by atomic mass is 9.54. The zero-order valence-corrected chi connectivity index (χ0v) is 20.0. The second-order valence-electron chi connectivity index (χ2n) is 9.42. The van der Waals surface area contributed by atoms with Crippen LogP contribution < -0.4 is 10.5 Å². The zero-order valence-electron chi connectivity index (χ0n) is 19.3. The number of ketones is 2. The third-order valence-corrected chi connectivity index (χ3v) is 7.74. The molecule has 0 aromatic heterocycles.